The second kappa shape index (κ2) is 10.5. The van der Waals surface area contributed by atoms with Gasteiger partial charge in [-0.2, -0.15) is 0 Å². The molecular formula is C28H29N7O2. The molecule has 0 radical (unpaired) electrons. The minimum Gasteiger partial charge on any atom is -0.484 e. The van der Waals surface area contributed by atoms with Crippen molar-refractivity contribution in [2.75, 3.05) is 25.0 Å². The van der Waals surface area contributed by atoms with Gasteiger partial charge in [-0.1, -0.05) is 24.3 Å². The number of hydrogen-bond donors (Lipinski definition) is 4. The number of aromatic nitrogens is 3. The third kappa shape index (κ3) is 5.37. The Morgan fingerprint density at radius 2 is 1.86 bits per heavy atom. The van der Waals surface area contributed by atoms with Crippen LogP contribution in [0, 0.1) is 0 Å². The number of pyridine rings is 1. The Bertz CT molecular complexity index is 1400. The SMILES string of the molecule is O=C(COc1cccc(-c2nc(Nc3ccc(C4CNNC4)cc3)c3ccncc3n2)c1)NC1CCC1. The Morgan fingerprint density at radius 3 is 2.65 bits per heavy atom. The molecule has 3 heterocycles. The number of anilines is 2. The van der Waals surface area contributed by atoms with Crippen molar-refractivity contribution in [1.82, 2.24) is 31.1 Å². The predicted octanol–water partition coefficient (Wildman–Crippen LogP) is 3.67. The molecule has 2 fully saturated rings. The summed E-state index contributed by atoms with van der Waals surface area (Å²) in [5.74, 6) is 2.21. The number of nitrogens with zero attached hydrogens (tertiary/aromatic N) is 3. The van der Waals surface area contributed by atoms with Crippen LogP contribution in [0.15, 0.2) is 67.0 Å². The van der Waals surface area contributed by atoms with Gasteiger partial charge in [-0.15, -0.1) is 0 Å². The van der Waals surface area contributed by atoms with Gasteiger partial charge in [0.15, 0.2) is 12.4 Å². The van der Waals surface area contributed by atoms with E-state index in [2.05, 4.69) is 50.7 Å². The van der Waals surface area contributed by atoms with Crippen LogP contribution in [0.1, 0.15) is 30.7 Å². The lowest BCUT2D eigenvalue weighted by Crippen LogP contribution is -2.41. The maximum Gasteiger partial charge on any atom is 0.258 e. The second-order valence-corrected chi connectivity index (χ2v) is 9.51. The van der Waals surface area contributed by atoms with E-state index in [1.54, 1.807) is 12.4 Å². The fourth-order valence-corrected chi connectivity index (χ4v) is 4.57. The first-order valence-corrected chi connectivity index (χ1v) is 12.7. The van der Waals surface area contributed by atoms with Gasteiger partial charge in [0.1, 0.15) is 11.6 Å². The molecule has 1 saturated heterocycles. The van der Waals surface area contributed by atoms with Crippen molar-refractivity contribution >= 4 is 28.3 Å². The molecule has 1 aliphatic carbocycles. The summed E-state index contributed by atoms with van der Waals surface area (Å²) in [7, 11) is 0. The molecule has 4 aromatic rings. The van der Waals surface area contributed by atoms with E-state index in [9.17, 15) is 4.79 Å². The third-order valence-corrected chi connectivity index (χ3v) is 6.90. The van der Waals surface area contributed by atoms with Crippen LogP contribution in [0.2, 0.25) is 0 Å². The molecule has 188 valence electrons. The summed E-state index contributed by atoms with van der Waals surface area (Å²) in [5.41, 5.74) is 10.1. The Kier molecular flexibility index (Phi) is 6.62. The number of ether oxygens (including phenoxy) is 1. The molecule has 6 rings (SSSR count). The lowest BCUT2D eigenvalue weighted by atomic mass is 9.93. The number of benzene rings is 2. The van der Waals surface area contributed by atoms with Crippen molar-refractivity contribution in [3.05, 3.63) is 72.6 Å². The Balaban J connectivity index is 1.23. The van der Waals surface area contributed by atoms with Crippen LogP contribution in [0.5, 0.6) is 5.75 Å². The first-order chi connectivity index (χ1) is 18.2. The highest BCUT2D eigenvalue weighted by atomic mass is 16.5. The van der Waals surface area contributed by atoms with Gasteiger partial charge in [-0.25, -0.2) is 9.97 Å². The van der Waals surface area contributed by atoms with Crippen LogP contribution in [-0.2, 0) is 4.79 Å². The first-order valence-electron chi connectivity index (χ1n) is 12.7. The Hall–Kier alpha value is -4.08. The fraction of sp³-hybridized carbons (Fsp3) is 0.286. The zero-order chi connectivity index (χ0) is 25.0. The van der Waals surface area contributed by atoms with Gasteiger partial charge in [0.05, 0.1) is 11.7 Å². The summed E-state index contributed by atoms with van der Waals surface area (Å²) in [6.45, 7) is 1.83. The number of fused-ring (bicyclic) bond motifs is 1. The molecule has 2 aliphatic rings. The molecule has 9 nitrogen and oxygen atoms in total. The molecule has 9 heteroatoms. The Labute approximate surface area is 215 Å². The molecule has 0 unspecified atom stereocenters. The van der Waals surface area contributed by atoms with Gasteiger partial charge in [0.25, 0.3) is 5.91 Å². The van der Waals surface area contributed by atoms with Crippen molar-refractivity contribution in [2.45, 2.75) is 31.2 Å². The molecule has 0 spiro atoms. The summed E-state index contributed by atoms with van der Waals surface area (Å²) in [6, 6.07) is 18.1. The zero-order valence-corrected chi connectivity index (χ0v) is 20.4. The van der Waals surface area contributed by atoms with Crippen LogP contribution in [0.25, 0.3) is 22.3 Å². The summed E-state index contributed by atoms with van der Waals surface area (Å²) < 4.78 is 5.76. The number of amides is 1. The molecule has 1 aliphatic heterocycles. The third-order valence-electron chi connectivity index (χ3n) is 6.90. The van der Waals surface area contributed by atoms with Crippen molar-refractivity contribution in [2.24, 2.45) is 0 Å². The van der Waals surface area contributed by atoms with Gasteiger partial charge >= 0.3 is 0 Å². The van der Waals surface area contributed by atoms with Gasteiger partial charge in [0.2, 0.25) is 0 Å². The van der Waals surface area contributed by atoms with Crippen molar-refractivity contribution in [3.63, 3.8) is 0 Å². The summed E-state index contributed by atoms with van der Waals surface area (Å²) in [6.07, 6.45) is 6.74. The highest BCUT2D eigenvalue weighted by molar-refractivity contribution is 5.91. The van der Waals surface area contributed by atoms with E-state index in [4.69, 9.17) is 14.7 Å². The number of rotatable bonds is 8. The van der Waals surface area contributed by atoms with Crippen molar-refractivity contribution in [1.29, 1.82) is 0 Å². The molecule has 2 aromatic heterocycles. The van der Waals surface area contributed by atoms with E-state index in [-0.39, 0.29) is 12.5 Å². The zero-order valence-electron chi connectivity index (χ0n) is 20.4. The van der Waals surface area contributed by atoms with Crippen LogP contribution in [0.4, 0.5) is 11.5 Å². The van der Waals surface area contributed by atoms with E-state index in [1.807, 2.05) is 30.3 Å². The fourth-order valence-electron chi connectivity index (χ4n) is 4.57. The monoisotopic (exact) mass is 495 g/mol. The average molecular weight is 496 g/mol. The lowest BCUT2D eigenvalue weighted by Gasteiger charge is -2.26. The Morgan fingerprint density at radius 1 is 1.03 bits per heavy atom. The molecule has 2 aromatic carbocycles. The topological polar surface area (TPSA) is 113 Å². The molecule has 1 amide bonds. The normalized spacial score (nSPS) is 15.9. The molecule has 0 bridgehead atoms. The molecule has 37 heavy (non-hydrogen) atoms. The lowest BCUT2D eigenvalue weighted by molar-refractivity contribution is -0.124. The number of hydrogen-bond acceptors (Lipinski definition) is 8. The molecular weight excluding hydrogens is 466 g/mol. The highest BCUT2D eigenvalue weighted by Gasteiger charge is 2.20. The minimum atomic E-state index is -0.0962. The number of hydrazine groups is 1. The predicted molar refractivity (Wildman–Crippen MR) is 143 cm³/mol. The average Bonchev–Trinajstić information content (AvgIpc) is 3.45. The van der Waals surface area contributed by atoms with E-state index < -0.39 is 0 Å². The van der Waals surface area contributed by atoms with E-state index in [0.29, 0.717) is 29.4 Å². The number of nitrogens with one attached hydrogen (secondary N) is 4. The van der Waals surface area contributed by atoms with Crippen LogP contribution < -0.4 is 26.2 Å². The standard InChI is InChI=1S/C28H29N7O2/c36-26(32-21-4-2-5-21)17-37-23-6-1-3-19(13-23)27-34-25-16-29-12-11-24(25)28(35-27)33-22-9-7-18(8-10-22)20-14-30-31-15-20/h1,3,6-13,16,20-21,30-31H,2,4-5,14-15,17H2,(H,32,36)(H,33,34,35). The minimum absolute atomic E-state index is 0.0156. The van der Waals surface area contributed by atoms with Crippen molar-refractivity contribution < 1.29 is 9.53 Å². The van der Waals surface area contributed by atoms with Crippen LogP contribution in [-0.4, -0.2) is 46.6 Å². The van der Waals surface area contributed by atoms with E-state index in [1.165, 1.54) is 12.0 Å². The van der Waals surface area contributed by atoms with Crippen LogP contribution >= 0.6 is 0 Å². The second-order valence-electron chi connectivity index (χ2n) is 9.51. The number of carbonyl (C=O) groups excluding carboxylic acids is 1. The van der Waals surface area contributed by atoms with E-state index in [0.717, 1.165) is 48.1 Å². The van der Waals surface area contributed by atoms with Crippen LogP contribution in [0.3, 0.4) is 0 Å². The van der Waals surface area contributed by atoms with Gasteiger partial charge in [-0.3, -0.25) is 20.6 Å². The largest absolute Gasteiger partial charge is 0.484 e. The first kappa shape index (κ1) is 23.3. The summed E-state index contributed by atoms with van der Waals surface area (Å²) in [4.78, 5) is 26.0. The molecule has 4 N–H and O–H groups in total. The van der Waals surface area contributed by atoms with Crippen molar-refractivity contribution in [3.8, 4) is 17.1 Å². The van der Waals surface area contributed by atoms with E-state index >= 15 is 0 Å². The summed E-state index contributed by atoms with van der Waals surface area (Å²) >= 11 is 0. The maximum atomic E-state index is 12.2. The maximum absolute atomic E-state index is 12.2. The van der Waals surface area contributed by atoms with Gasteiger partial charge in [0, 0.05) is 47.9 Å². The summed E-state index contributed by atoms with van der Waals surface area (Å²) in [5, 5.41) is 7.34. The van der Waals surface area contributed by atoms with Gasteiger partial charge in [-0.05, 0) is 55.2 Å². The smallest absolute Gasteiger partial charge is 0.258 e. The molecule has 0 atom stereocenters. The highest BCUT2D eigenvalue weighted by Crippen LogP contribution is 2.29. The van der Waals surface area contributed by atoms with Gasteiger partial charge < -0.3 is 15.4 Å². The quantitative estimate of drug-likeness (QED) is 0.293. The number of carbonyl (C=O) groups is 1. The molecule has 1 saturated carbocycles.